The van der Waals surface area contributed by atoms with Gasteiger partial charge in [-0.15, -0.1) is 0 Å². The molecule has 0 spiro atoms. The number of nitrogens with zero attached hydrogens (tertiary/aromatic N) is 15. The van der Waals surface area contributed by atoms with E-state index in [0.717, 1.165) is 135 Å². The second-order valence-corrected chi connectivity index (χ2v) is 28.1. The number of pyridine rings is 2. The number of hydrogen-bond donors (Lipinski definition) is 3. The molecule has 0 aliphatic heterocycles. The number of hydrogen-bond acceptors (Lipinski definition) is 28. The number of halogens is 1. The van der Waals surface area contributed by atoms with Gasteiger partial charge in [-0.2, -0.15) is 10.5 Å². The van der Waals surface area contributed by atoms with Gasteiger partial charge in [0, 0.05) is 37.2 Å². The van der Waals surface area contributed by atoms with Crippen LogP contribution >= 0.6 is 72.6 Å². The first-order chi connectivity index (χ1) is 53.8. The number of aliphatic hydroxyl groups excluding tert-OH is 1. The Balaban J connectivity index is 0.000000141. The van der Waals surface area contributed by atoms with Crippen molar-refractivity contribution in [3.63, 3.8) is 0 Å². The topological polar surface area (TPSA) is 369 Å². The summed E-state index contributed by atoms with van der Waals surface area (Å²) in [6.45, 7) is 11.9. The summed E-state index contributed by atoms with van der Waals surface area (Å²) in [4.78, 5) is 79.4. The molecule has 29 nitrogen and oxygen atoms in total. The molecule has 0 radical (unpaired) electrons. The first kappa shape index (κ1) is 80.9. The van der Waals surface area contributed by atoms with Gasteiger partial charge in [0.25, 0.3) is 0 Å². The highest BCUT2D eigenvalue weighted by Gasteiger charge is 2.20. The number of aromatic nitrogens is 12. The third kappa shape index (κ3) is 19.1. The fourth-order valence-corrected chi connectivity index (χ4v) is 15.8. The maximum atomic E-state index is 11.6. The van der Waals surface area contributed by atoms with Gasteiger partial charge in [-0.05, 0) is 136 Å². The molecule has 17 aromatic rings. The van der Waals surface area contributed by atoms with E-state index < -0.39 is 11.8 Å². The Morgan fingerprint density at radius 1 is 0.577 bits per heavy atom. The number of nitriles is 2. The van der Waals surface area contributed by atoms with E-state index in [4.69, 9.17) is 72.1 Å². The number of benzene rings is 5. The van der Waals surface area contributed by atoms with Gasteiger partial charge in [0.2, 0.25) is 12.8 Å². The number of thiazole rings is 5. The third-order valence-corrected chi connectivity index (χ3v) is 21.0. The van der Waals surface area contributed by atoms with Crippen molar-refractivity contribution in [1.29, 1.82) is 10.5 Å². The van der Waals surface area contributed by atoms with Crippen LogP contribution in [0.4, 0.5) is 10.9 Å². The molecule has 0 bridgehead atoms. The number of aryl methyl sites for hydroxylation is 1. The molecule has 566 valence electrons. The van der Waals surface area contributed by atoms with Gasteiger partial charge in [-0.3, -0.25) is 27.2 Å². The lowest BCUT2D eigenvalue weighted by atomic mass is 10.2. The number of alkyl halides is 1. The van der Waals surface area contributed by atoms with Gasteiger partial charge in [0.1, 0.15) is 57.3 Å². The molecule has 0 amide bonds. The van der Waals surface area contributed by atoms with Crippen LogP contribution in [0.1, 0.15) is 64.3 Å². The van der Waals surface area contributed by atoms with Crippen LogP contribution in [-0.2, 0) is 32.1 Å². The number of ether oxygens (including phenoxy) is 7. The average molecular weight is 1650 g/mol. The number of anilines is 2. The Kier molecular flexibility index (Phi) is 27.6. The van der Waals surface area contributed by atoms with Gasteiger partial charge < -0.3 is 59.0 Å². The summed E-state index contributed by atoms with van der Waals surface area (Å²) in [5.41, 5.74) is 22.2. The Morgan fingerprint density at radius 3 is 1.53 bits per heavy atom. The van der Waals surface area contributed by atoms with Crippen molar-refractivity contribution in [3.05, 3.63) is 198 Å². The lowest BCUT2D eigenvalue weighted by molar-refractivity contribution is -0.152. The number of carbonyl (C=O) groups is 4. The standard InChI is InChI=1S/C20H15N5OS.C13H12N2O3S.C11H10N2O2S.C11H8N2O2S.C8H8N2OS.C6H5N3.C5H7BrO3.C2H3N/c1-3-15-19(23-18-8-12(10-21)6-7-24(15)18)14-11-25-16-5-4-13(26-2)9-17(16)27-20(25)22-14;1-3-18-12(16)9-7-15-10-5-4-8(17-2)6-11(10)19-13(15)14-9;2*1-15-8-2-3-9-10(4-8)16-11-12-7(6-14)5-13(9)11;1-11-5-2-3-6-7(4-5)12-8(9)10-6;7-4-5-1-2-9-6(8)3-5;1-2-9-5(8)4(7)3-6;1-3-2/h4-9,11H,3H2,1-2H3;4-7H,3H2,1-2H3;2-5,14H,6H2,1H3;2-6H,1H3;2-4H,1H3,(H2,9,10);1-3H,(H2,8,9);2-3H2,1H3;1H3. The van der Waals surface area contributed by atoms with E-state index in [-0.39, 0.29) is 24.5 Å². The minimum atomic E-state index is -0.769. The highest BCUT2D eigenvalue weighted by atomic mass is 79.9. The van der Waals surface area contributed by atoms with Crippen molar-refractivity contribution in [1.82, 2.24) is 56.9 Å². The Labute approximate surface area is 660 Å². The van der Waals surface area contributed by atoms with Crippen molar-refractivity contribution in [3.8, 4) is 52.3 Å². The fraction of sp³-hybridized carbons (Fsp3) is 0.184. The number of fused-ring (bicyclic) bond motifs is 14. The van der Waals surface area contributed by atoms with Crippen molar-refractivity contribution in [2.75, 3.05) is 72.6 Å². The number of rotatable bonds is 14. The van der Waals surface area contributed by atoms with Crippen LogP contribution in [-0.4, -0.2) is 147 Å². The smallest absolute Gasteiger partial charge is 0.375 e. The number of ketones is 1. The number of esters is 2. The van der Waals surface area contributed by atoms with Crippen LogP contribution in [0.25, 0.3) is 92.8 Å². The lowest BCUT2D eigenvalue weighted by Crippen LogP contribution is -2.17. The molecule has 12 aromatic heterocycles. The molecular formula is C76H68BrN17O12S5. The van der Waals surface area contributed by atoms with Crippen molar-refractivity contribution in [2.45, 2.75) is 33.8 Å². The zero-order valence-electron chi connectivity index (χ0n) is 60.8. The lowest BCUT2D eigenvalue weighted by Gasteiger charge is -2.00. The summed E-state index contributed by atoms with van der Waals surface area (Å²) < 4.78 is 50.7. The summed E-state index contributed by atoms with van der Waals surface area (Å²) in [5, 5.41) is 27.1. The van der Waals surface area contributed by atoms with Crippen LogP contribution in [0, 0.1) is 29.2 Å². The number of imidazole rings is 5. The highest BCUT2D eigenvalue weighted by Crippen LogP contribution is 2.36. The summed E-state index contributed by atoms with van der Waals surface area (Å²) in [6, 6.07) is 40.2. The number of methoxy groups -OCH3 is 5. The molecular weight excluding hydrogens is 1580 g/mol. The molecule has 111 heavy (non-hydrogen) atoms. The van der Waals surface area contributed by atoms with Crippen molar-refractivity contribution >= 4 is 184 Å². The summed E-state index contributed by atoms with van der Waals surface area (Å²) in [7, 11) is 9.67. The average Bonchev–Trinajstić information content (AvgIpc) is 1.61. The number of aldehydes is 1. The minimum absolute atomic E-state index is 0.0218. The summed E-state index contributed by atoms with van der Waals surface area (Å²) >= 11 is 10.6. The van der Waals surface area contributed by atoms with E-state index in [0.29, 0.717) is 45.8 Å². The molecule has 35 heteroatoms. The van der Waals surface area contributed by atoms with E-state index in [9.17, 15) is 19.2 Å². The normalized spacial score (nSPS) is 10.5. The SMILES string of the molecule is CCOC(=O)C(=O)CBr.CCOC(=O)c1cn2c(n1)sc1cc(OC)ccc12.CCc1c(-c2cn3c(n2)sc2cc(OC)ccc23)nc2cc(C#N)ccn12.COc1ccc2c(c1)sc1nc(C=O)cn12.COc1ccc2c(c1)sc1nc(CO)cn12.COc1ccc2nc(N)sc2c1.N#Cc1ccnc(N)c1.[C-]#[N+]C. The van der Waals surface area contributed by atoms with E-state index in [2.05, 4.69) is 67.8 Å². The van der Waals surface area contributed by atoms with Crippen LogP contribution in [0.5, 0.6) is 28.7 Å². The Morgan fingerprint density at radius 2 is 1.05 bits per heavy atom. The number of carbonyl (C=O) groups excluding carboxylic acids is 4. The van der Waals surface area contributed by atoms with E-state index in [1.807, 2.05) is 145 Å². The van der Waals surface area contributed by atoms with Crippen LogP contribution in [0.2, 0.25) is 0 Å². The maximum absolute atomic E-state index is 11.6. The number of aliphatic hydroxyl groups is 1. The number of Topliss-reactive ketones (excluding diaryl/α,β-unsaturated/α-hetero) is 1. The zero-order chi connectivity index (χ0) is 79.4. The second kappa shape index (κ2) is 37.9. The fourth-order valence-electron chi connectivity index (χ4n) is 10.6. The molecule has 5 aromatic carbocycles. The van der Waals surface area contributed by atoms with Crippen LogP contribution in [0.15, 0.2) is 152 Å². The number of nitrogens with two attached hydrogens (primary N) is 2. The molecule has 0 unspecified atom stereocenters. The Bertz CT molecular complexity index is 6320. The summed E-state index contributed by atoms with van der Waals surface area (Å²) in [5.74, 6) is 2.84. The molecule has 0 fully saturated rings. The zero-order valence-corrected chi connectivity index (χ0v) is 66.4. The predicted octanol–water partition coefficient (Wildman–Crippen LogP) is 14.9. The van der Waals surface area contributed by atoms with Crippen molar-refractivity contribution in [2.24, 2.45) is 0 Å². The predicted molar refractivity (Wildman–Crippen MR) is 436 cm³/mol. The van der Waals surface area contributed by atoms with Gasteiger partial charge in [-0.25, -0.2) is 51.0 Å². The van der Waals surface area contributed by atoms with Crippen LogP contribution in [0.3, 0.4) is 0 Å². The minimum Gasteiger partial charge on any atom is -0.497 e. The molecule has 17 rings (SSSR count). The molecule has 0 aliphatic rings. The second-order valence-electron chi connectivity index (χ2n) is 22.5. The largest absolute Gasteiger partial charge is 0.497 e. The van der Waals surface area contributed by atoms with Crippen LogP contribution < -0.4 is 35.2 Å². The molecule has 0 saturated carbocycles. The van der Waals surface area contributed by atoms with Gasteiger partial charge >= 0.3 is 11.9 Å². The monoisotopic (exact) mass is 1650 g/mol. The first-order valence-corrected chi connectivity index (χ1v) is 38.3. The van der Waals surface area contributed by atoms with Gasteiger partial charge in [-0.1, -0.05) is 79.5 Å². The molecule has 0 saturated heterocycles. The molecule has 12 heterocycles. The quantitative estimate of drug-likeness (QED) is 0.0299. The highest BCUT2D eigenvalue weighted by molar-refractivity contribution is 9.09. The molecule has 0 aliphatic carbocycles. The van der Waals surface area contributed by atoms with E-state index in [1.54, 1.807) is 102 Å². The Hall–Kier alpha value is -12.7. The number of nitrogen functional groups attached to an aromatic ring is 2. The summed E-state index contributed by atoms with van der Waals surface area (Å²) in [6.07, 6.45) is 12.3. The maximum Gasteiger partial charge on any atom is 0.375 e. The van der Waals surface area contributed by atoms with Crippen molar-refractivity contribution < 1.29 is 57.4 Å². The van der Waals surface area contributed by atoms with E-state index in [1.165, 1.54) is 42.0 Å². The first-order valence-electron chi connectivity index (χ1n) is 33.1. The van der Waals surface area contributed by atoms with Gasteiger partial charge in [0.05, 0.1) is 146 Å². The van der Waals surface area contributed by atoms with E-state index >= 15 is 0 Å². The molecule has 5 N–H and O–H groups in total. The van der Waals surface area contributed by atoms with Gasteiger partial charge in [0.15, 0.2) is 37.0 Å². The molecule has 0 atom stereocenters. The third-order valence-electron chi connectivity index (χ3n) is 15.6.